The molecule has 0 aliphatic rings. The number of hydrogen-bond acceptors (Lipinski definition) is 3. The number of urea groups is 1. The van der Waals surface area contributed by atoms with E-state index in [1.807, 2.05) is 0 Å². The molecule has 1 heterocycles. The quantitative estimate of drug-likeness (QED) is 0.809. The summed E-state index contributed by atoms with van der Waals surface area (Å²) in [6, 6.07) is 5.91. The predicted octanol–water partition coefficient (Wildman–Crippen LogP) is 2.21. The molecule has 0 fully saturated rings. The Bertz CT molecular complexity index is 620. The van der Waals surface area contributed by atoms with Gasteiger partial charge >= 0.3 is 6.03 Å². The van der Waals surface area contributed by atoms with Crippen LogP contribution in [0.25, 0.3) is 0 Å². The summed E-state index contributed by atoms with van der Waals surface area (Å²) >= 11 is 0. The second-order valence-corrected chi connectivity index (χ2v) is 4.26. The van der Waals surface area contributed by atoms with Crippen LogP contribution in [0.5, 0.6) is 0 Å². The Morgan fingerprint density at radius 2 is 1.95 bits per heavy atom. The molecular weight excluding hydrogens is 280 g/mol. The van der Waals surface area contributed by atoms with Crippen molar-refractivity contribution in [2.75, 3.05) is 11.9 Å². The highest BCUT2D eigenvalue weighted by molar-refractivity contribution is 5.89. The monoisotopic (exact) mass is 293 g/mol. The van der Waals surface area contributed by atoms with Gasteiger partial charge in [0.05, 0.1) is 18.0 Å². The smallest absolute Gasteiger partial charge is 0.319 e. The lowest BCUT2D eigenvalue weighted by Gasteiger charge is -2.13. The van der Waals surface area contributed by atoms with Crippen molar-refractivity contribution >= 4 is 11.7 Å². The molecule has 1 atom stereocenters. The van der Waals surface area contributed by atoms with Gasteiger partial charge in [-0.1, -0.05) is 12.1 Å². The van der Waals surface area contributed by atoms with E-state index in [0.717, 1.165) is 6.20 Å². The number of aliphatic hydroxyl groups is 1. The molecular formula is C14H13F2N3O2. The Labute approximate surface area is 119 Å². The van der Waals surface area contributed by atoms with E-state index in [-0.39, 0.29) is 12.2 Å². The lowest BCUT2D eigenvalue weighted by atomic mass is 10.1. The van der Waals surface area contributed by atoms with Gasteiger partial charge in [0.15, 0.2) is 5.82 Å². The van der Waals surface area contributed by atoms with Gasteiger partial charge in [0, 0.05) is 12.7 Å². The summed E-state index contributed by atoms with van der Waals surface area (Å²) in [5.41, 5.74) is 0.450. The third-order valence-electron chi connectivity index (χ3n) is 2.73. The number of hydrogen-bond donors (Lipinski definition) is 3. The van der Waals surface area contributed by atoms with E-state index in [1.54, 1.807) is 0 Å². The molecule has 0 saturated carbocycles. The predicted molar refractivity (Wildman–Crippen MR) is 72.6 cm³/mol. The summed E-state index contributed by atoms with van der Waals surface area (Å²) in [6.45, 7) is -0.0931. The molecule has 21 heavy (non-hydrogen) atoms. The number of aliphatic hydroxyl groups excluding tert-OH is 1. The molecule has 0 bridgehead atoms. The van der Waals surface area contributed by atoms with Crippen LogP contribution in [0.15, 0.2) is 42.7 Å². The molecule has 0 radical (unpaired) electrons. The second-order valence-electron chi connectivity index (χ2n) is 4.26. The van der Waals surface area contributed by atoms with Crippen molar-refractivity contribution in [3.8, 4) is 0 Å². The molecule has 2 aromatic rings. The van der Waals surface area contributed by atoms with Crippen molar-refractivity contribution in [1.29, 1.82) is 0 Å². The molecule has 5 nitrogen and oxygen atoms in total. The van der Waals surface area contributed by atoms with E-state index in [4.69, 9.17) is 0 Å². The van der Waals surface area contributed by atoms with Gasteiger partial charge in [-0.15, -0.1) is 0 Å². The molecule has 2 rings (SSSR count). The lowest BCUT2D eigenvalue weighted by molar-refractivity contribution is 0.175. The molecule has 2 amide bonds. The van der Waals surface area contributed by atoms with Gasteiger partial charge in [-0.3, -0.25) is 4.98 Å². The molecule has 0 spiro atoms. The molecule has 0 aliphatic heterocycles. The van der Waals surface area contributed by atoms with Crippen molar-refractivity contribution in [3.05, 3.63) is 59.9 Å². The van der Waals surface area contributed by atoms with Crippen LogP contribution in [0.1, 0.15) is 11.7 Å². The van der Waals surface area contributed by atoms with Crippen LogP contribution in [0.3, 0.4) is 0 Å². The summed E-state index contributed by atoms with van der Waals surface area (Å²) in [5, 5.41) is 14.5. The maximum atomic E-state index is 13.3. The van der Waals surface area contributed by atoms with E-state index in [2.05, 4.69) is 15.6 Å². The first-order valence-electron chi connectivity index (χ1n) is 6.14. The molecule has 7 heteroatoms. The molecule has 0 unspecified atom stereocenters. The standard InChI is InChI=1S/C14H13F2N3O2/c15-10-3-1-9(2-4-10)13(20)8-18-14(21)19-12-5-6-17-7-11(12)16/h1-7,13,20H,8H2,(H2,17,18,19,21)/t13-/m0/s1. The Hall–Kier alpha value is -2.54. The fourth-order valence-corrected chi connectivity index (χ4v) is 1.64. The Morgan fingerprint density at radius 1 is 1.24 bits per heavy atom. The first-order chi connectivity index (χ1) is 10.1. The molecule has 1 aromatic heterocycles. The number of rotatable bonds is 4. The molecule has 1 aromatic carbocycles. The van der Waals surface area contributed by atoms with Crippen molar-refractivity contribution in [2.45, 2.75) is 6.10 Å². The summed E-state index contributed by atoms with van der Waals surface area (Å²) in [6.07, 6.45) is 1.33. The average molecular weight is 293 g/mol. The number of benzene rings is 1. The topological polar surface area (TPSA) is 74.2 Å². The van der Waals surface area contributed by atoms with Crippen LogP contribution in [-0.4, -0.2) is 22.7 Å². The third-order valence-corrected chi connectivity index (χ3v) is 2.73. The number of amides is 2. The molecule has 0 aliphatic carbocycles. The molecule has 0 saturated heterocycles. The third kappa shape index (κ3) is 4.22. The number of carbonyl (C=O) groups excluding carboxylic acids is 1. The van der Waals surface area contributed by atoms with Crippen LogP contribution < -0.4 is 10.6 Å². The van der Waals surface area contributed by atoms with Crippen LogP contribution in [0, 0.1) is 11.6 Å². The average Bonchev–Trinajstić information content (AvgIpc) is 2.48. The summed E-state index contributed by atoms with van der Waals surface area (Å²) < 4.78 is 26.0. The minimum atomic E-state index is -0.987. The first-order valence-corrected chi connectivity index (χ1v) is 6.14. The van der Waals surface area contributed by atoms with Crippen LogP contribution in [0.4, 0.5) is 19.3 Å². The van der Waals surface area contributed by atoms with Gasteiger partial charge < -0.3 is 15.7 Å². The van der Waals surface area contributed by atoms with Crippen molar-refractivity contribution in [2.24, 2.45) is 0 Å². The maximum Gasteiger partial charge on any atom is 0.319 e. The maximum absolute atomic E-state index is 13.3. The number of pyridine rings is 1. The SMILES string of the molecule is O=C(NC[C@H](O)c1ccc(F)cc1)Nc1ccncc1F. The number of carbonyl (C=O) groups is 1. The van der Waals surface area contributed by atoms with E-state index in [9.17, 15) is 18.7 Å². The Kier molecular flexibility index (Phi) is 4.78. The van der Waals surface area contributed by atoms with Crippen LogP contribution in [0.2, 0.25) is 0 Å². The van der Waals surface area contributed by atoms with E-state index in [1.165, 1.54) is 36.5 Å². The van der Waals surface area contributed by atoms with Gasteiger partial charge in [-0.2, -0.15) is 0 Å². The summed E-state index contributed by atoms with van der Waals surface area (Å²) in [5.74, 6) is -1.07. The fourth-order valence-electron chi connectivity index (χ4n) is 1.64. The minimum Gasteiger partial charge on any atom is -0.387 e. The highest BCUT2D eigenvalue weighted by Crippen LogP contribution is 2.13. The largest absolute Gasteiger partial charge is 0.387 e. The Morgan fingerprint density at radius 3 is 2.62 bits per heavy atom. The number of anilines is 1. The van der Waals surface area contributed by atoms with Crippen LogP contribution >= 0.6 is 0 Å². The number of nitrogens with zero attached hydrogens (tertiary/aromatic N) is 1. The van der Waals surface area contributed by atoms with Crippen LogP contribution in [-0.2, 0) is 0 Å². The molecule has 3 N–H and O–H groups in total. The lowest BCUT2D eigenvalue weighted by Crippen LogP contribution is -2.32. The van der Waals surface area contributed by atoms with Crippen molar-refractivity contribution < 1.29 is 18.7 Å². The number of halogens is 2. The zero-order chi connectivity index (χ0) is 15.2. The van der Waals surface area contributed by atoms with Gasteiger partial charge in [0.1, 0.15) is 5.82 Å². The highest BCUT2D eigenvalue weighted by Gasteiger charge is 2.11. The minimum absolute atomic E-state index is 0.0150. The van der Waals surface area contributed by atoms with Gasteiger partial charge in [-0.25, -0.2) is 13.6 Å². The fraction of sp³-hybridized carbons (Fsp3) is 0.143. The second kappa shape index (κ2) is 6.76. The zero-order valence-electron chi connectivity index (χ0n) is 10.9. The molecule has 110 valence electrons. The summed E-state index contributed by atoms with van der Waals surface area (Å²) in [7, 11) is 0. The van der Waals surface area contributed by atoms with Gasteiger partial charge in [-0.05, 0) is 23.8 Å². The van der Waals surface area contributed by atoms with E-state index in [0.29, 0.717) is 5.56 Å². The Balaban J connectivity index is 1.86. The highest BCUT2D eigenvalue weighted by atomic mass is 19.1. The number of nitrogens with one attached hydrogen (secondary N) is 2. The first kappa shape index (κ1) is 14.9. The summed E-state index contributed by atoms with van der Waals surface area (Å²) in [4.78, 5) is 15.1. The van der Waals surface area contributed by atoms with E-state index >= 15 is 0 Å². The van der Waals surface area contributed by atoms with Gasteiger partial charge in [0.25, 0.3) is 0 Å². The van der Waals surface area contributed by atoms with Crippen molar-refractivity contribution in [1.82, 2.24) is 10.3 Å². The van der Waals surface area contributed by atoms with Gasteiger partial charge in [0.2, 0.25) is 0 Å². The number of aromatic nitrogens is 1. The van der Waals surface area contributed by atoms with E-state index < -0.39 is 23.8 Å². The normalized spacial score (nSPS) is 11.8. The zero-order valence-corrected chi connectivity index (χ0v) is 10.9. The van der Waals surface area contributed by atoms with Crippen molar-refractivity contribution in [3.63, 3.8) is 0 Å².